The Bertz CT molecular complexity index is 990. The van der Waals surface area contributed by atoms with Crippen molar-refractivity contribution in [2.75, 3.05) is 24.5 Å². The van der Waals surface area contributed by atoms with Crippen LogP contribution in [0, 0.1) is 5.41 Å². The molecular formula is C21H20ClN3OS. The van der Waals surface area contributed by atoms with Crippen molar-refractivity contribution in [3.8, 4) is 10.4 Å². The first-order chi connectivity index (χ1) is 13.2. The summed E-state index contributed by atoms with van der Waals surface area (Å²) in [5.74, 6) is 0.229. The zero-order chi connectivity index (χ0) is 18.4. The summed E-state index contributed by atoms with van der Waals surface area (Å²) in [6.07, 6.45) is 6.35. The number of anilines is 1. The highest BCUT2D eigenvalue weighted by Gasteiger charge is 2.44. The third-order valence-corrected chi connectivity index (χ3v) is 7.40. The van der Waals surface area contributed by atoms with E-state index in [1.165, 1.54) is 15.0 Å². The summed E-state index contributed by atoms with van der Waals surface area (Å²) < 4.78 is 1.26. The maximum absolute atomic E-state index is 12.3. The normalized spacial score (nSPS) is 19.0. The van der Waals surface area contributed by atoms with Gasteiger partial charge in [-0.05, 0) is 36.8 Å². The Labute approximate surface area is 167 Å². The number of pyridine rings is 1. The monoisotopic (exact) mass is 397 g/mol. The van der Waals surface area contributed by atoms with Crippen molar-refractivity contribution in [3.05, 3.63) is 47.7 Å². The van der Waals surface area contributed by atoms with Crippen LogP contribution in [0.4, 0.5) is 5.69 Å². The molecule has 0 unspecified atom stereocenters. The lowest BCUT2D eigenvalue weighted by Crippen LogP contribution is -2.44. The van der Waals surface area contributed by atoms with E-state index in [4.69, 9.17) is 11.6 Å². The molecule has 0 aliphatic carbocycles. The first kappa shape index (κ1) is 17.0. The van der Waals surface area contributed by atoms with E-state index >= 15 is 0 Å². The van der Waals surface area contributed by atoms with Crippen LogP contribution in [0.25, 0.3) is 20.5 Å². The zero-order valence-electron chi connectivity index (χ0n) is 14.9. The summed E-state index contributed by atoms with van der Waals surface area (Å²) in [6, 6.07) is 10.6. The molecule has 1 aromatic carbocycles. The molecule has 0 saturated carbocycles. The number of piperidine rings is 1. The minimum Gasteiger partial charge on any atom is -0.370 e. The number of benzene rings is 1. The maximum atomic E-state index is 12.3. The number of halogens is 1. The second-order valence-electron chi connectivity index (χ2n) is 7.44. The second-order valence-corrected chi connectivity index (χ2v) is 8.93. The van der Waals surface area contributed by atoms with E-state index in [1.807, 2.05) is 6.20 Å². The summed E-state index contributed by atoms with van der Waals surface area (Å²) in [5.41, 5.74) is 1.95. The molecule has 3 aromatic rings. The molecule has 2 aliphatic rings. The van der Waals surface area contributed by atoms with E-state index in [9.17, 15) is 4.79 Å². The van der Waals surface area contributed by atoms with Crippen LogP contribution < -0.4 is 10.2 Å². The van der Waals surface area contributed by atoms with Gasteiger partial charge in [0.25, 0.3) is 0 Å². The fourth-order valence-electron chi connectivity index (χ4n) is 4.40. The molecule has 138 valence electrons. The van der Waals surface area contributed by atoms with Gasteiger partial charge in [0, 0.05) is 47.2 Å². The molecule has 2 aromatic heterocycles. The van der Waals surface area contributed by atoms with E-state index in [0.717, 1.165) is 50.1 Å². The number of hydrogen-bond acceptors (Lipinski definition) is 4. The summed E-state index contributed by atoms with van der Waals surface area (Å²) in [7, 11) is 0. The summed E-state index contributed by atoms with van der Waals surface area (Å²) in [6.45, 7) is 2.49. The van der Waals surface area contributed by atoms with Crippen molar-refractivity contribution < 1.29 is 4.79 Å². The van der Waals surface area contributed by atoms with E-state index in [2.05, 4.69) is 45.5 Å². The van der Waals surface area contributed by atoms with Crippen LogP contribution in [-0.4, -0.2) is 30.5 Å². The molecule has 27 heavy (non-hydrogen) atoms. The molecule has 2 aliphatic heterocycles. The minimum atomic E-state index is -0.173. The number of rotatable bonds is 2. The maximum Gasteiger partial charge on any atom is 0.226 e. The Hall–Kier alpha value is -2.11. The third kappa shape index (κ3) is 2.80. The van der Waals surface area contributed by atoms with Crippen LogP contribution in [0.5, 0.6) is 0 Å². The topological polar surface area (TPSA) is 45.2 Å². The van der Waals surface area contributed by atoms with Crippen molar-refractivity contribution in [2.24, 2.45) is 5.41 Å². The fraction of sp³-hybridized carbons (Fsp3) is 0.333. The van der Waals surface area contributed by atoms with Crippen LogP contribution in [0.1, 0.15) is 19.3 Å². The lowest BCUT2D eigenvalue weighted by molar-refractivity contribution is -0.128. The molecule has 4 nitrogen and oxygen atoms in total. The molecular weight excluding hydrogens is 378 g/mol. The van der Waals surface area contributed by atoms with Crippen LogP contribution in [0.3, 0.4) is 0 Å². The Balaban J connectivity index is 1.51. The summed E-state index contributed by atoms with van der Waals surface area (Å²) in [4.78, 5) is 20.2. The summed E-state index contributed by atoms with van der Waals surface area (Å²) in [5, 5.41) is 4.92. The number of thiophene rings is 1. The lowest BCUT2D eigenvalue weighted by Gasteiger charge is -2.39. The molecule has 2 saturated heterocycles. The van der Waals surface area contributed by atoms with Crippen LogP contribution in [-0.2, 0) is 4.79 Å². The number of hydrogen-bond donors (Lipinski definition) is 1. The van der Waals surface area contributed by atoms with Gasteiger partial charge in [-0.2, -0.15) is 0 Å². The quantitative estimate of drug-likeness (QED) is 0.680. The van der Waals surface area contributed by atoms with Crippen LogP contribution >= 0.6 is 22.9 Å². The fourth-order valence-corrected chi connectivity index (χ4v) is 5.75. The molecule has 1 spiro atoms. The number of fused-ring (bicyclic) bond motifs is 1. The first-order valence-electron chi connectivity index (χ1n) is 9.32. The molecule has 1 amide bonds. The second kappa shape index (κ2) is 6.50. The molecule has 6 heteroatoms. The highest BCUT2D eigenvalue weighted by atomic mass is 35.5. The highest BCUT2D eigenvalue weighted by Crippen LogP contribution is 2.45. The van der Waals surface area contributed by atoms with E-state index in [1.54, 1.807) is 17.5 Å². The smallest absolute Gasteiger partial charge is 0.226 e. The SMILES string of the molecule is O=C1NCCC12CCN(c1c(Cl)cncc1-c1cc3ccccc3s1)CC2. The average Bonchev–Trinajstić information content (AvgIpc) is 3.27. The number of nitrogens with zero attached hydrogens (tertiary/aromatic N) is 2. The van der Waals surface area contributed by atoms with Gasteiger partial charge in [0.05, 0.1) is 16.1 Å². The lowest BCUT2D eigenvalue weighted by atomic mass is 9.77. The predicted octanol–water partition coefficient (Wildman–Crippen LogP) is 4.72. The number of carbonyl (C=O) groups excluding carboxylic acids is 1. The van der Waals surface area contributed by atoms with Gasteiger partial charge in [-0.3, -0.25) is 9.78 Å². The van der Waals surface area contributed by atoms with Gasteiger partial charge < -0.3 is 10.2 Å². The standard InChI is InChI=1S/C21H20ClN3OS/c22-16-13-23-12-15(18-11-14-3-1-2-4-17(14)27-18)19(16)25-9-6-21(7-10-25)5-8-24-20(21)26/h1-4,11-13H,5-10H2,(H,24,26). The first-order valence-corrected chi connectivity index (χ1v) is 10.5. The van der Waals surface area contributed by atoms with E-state index < -0.39 is 0 Å². The number of carbonyl (C=O) groups is 1. The van der Waals surface area contributed by atoms with Gasteiger partial charge in [0.15, 0.2) is 0 Å². The molecule has 0 radical (unpaired) electrons. The number of aromatic nitrogens is 1. The van der Waals surface area contributed by atoms with Crippen molar-refractivity contribution in [2.45, 2.75) is 19.3 Å². The molecule has 2 fully saturated rings. The molecule has 5 rings (SSSR count). The van der Waals surface area contributed by atoms with Crippen molar-refractivity contribution in [3.63, 3.8) is 0 Å². The number of nitrogens with one attached hydrogen (secondary N) is 1. The molecule has 4 heterocycles. The van der Waals surface area contributed by atoms with Crippen LogP contribution in [0.15, 0.2) is 42.7 Å². The predicted molar refractivity (Wildman–Crippen MR) is 112 cm³/mol. The molecule has 0 atom stereocenters. The van der Waals surface area contributed by atoms with E-state index in [-0.39, 0.29) is 11.3 Å². The molecule has 1 N–H and O–H groups in total. The Morgan fingerprint density at radius 3 is 2.70 bits per heavy atom. The van der Waals surface area contributed by atoms with Gasteiger partial charge in [-0.15, -0.1) is 11.3 Å². The van der Waals surface area contributed by atoms with Crippen molar-refractivity contribution in [1.82, 2.24) is 10.3 Å². The third-order valence-electron chi connectivity index (χ3n) is 5.97. The largest absolute Gasteiger partial charge is 0.370 e. The minimum absolute atomic E-state index is 0.173. The Morgan fingerprint density at radius 2 is 1.96 bits per heavy atom. The number of amides is 1. The summed E-state index contributed by atoms with van der Waals surface area (Å²) >= 11 is 8.38. The van der Waals surface area contributed by atoms with Crippen molar-refractivity contribution in [1.29, 1.82) is 0 Å². The average molecular weight is 398 g/mol. The molecule has 0 bridgehead atoms. The van der Waals surface area contributed by atoms with E-state index in [0.29, 0.717) is 5.02 Å². The Morgan fingerprint density at radius 1 is 1.15 bits per heavy atom. The van der Waals surface area contributed by atoms with Crippen molar-refractivity contribution >= 4 is 44.6 Å². The van der Waals surface area contributed by atoms with Gasteiger partial charge in [0.2, 0.25) is 5.91 Å². The van der Waals surface area contributed by atoms with Gasteiger partial charge in [-0.1, -0.05) is 29.8 Å². The Kier molecular flexibility index (Phi) is 4.10. The highest BCUT2D eigenvalue weighted by molar-refractivity contribution is 7.22. The van der Waals surface area contributed by atoms with Gasteiger partial charge >= 0.3 is 0 Å². The van der Waals surface area contributed by atoms with Crippen LogP contribution in [0.2, 0.25) is 5.02 Å². The zero-order valence-corrected chi connectivity index (χ0v) is 16.4. The van der Waals surface area contributed by atoms with Gasteiger partial charge in [-0.25, -0.2) is 0 Å². The van der Waals surface area contributed by atoms with Gasteiger partial charge in [0.1, 0.15) is 0 Å².